The maximum atomic E-state index is 13.5. The minimum absolute atomic E-state index is 0.00332. The van der Waals surface area contributed by atoms with Crippen molar-refractivity contribution in [2.75, 3.05) is 12.1 Å². The van der Waals surface area contributed by atoms with Crippen molar-refractivity contribution < 1.29 is 23.0 Å². The summed E-state index contributed by atoms with van der Waals surface area (Å²) in [5.41, 5.74) is 0.580. The summed E-state index contributed by atoms with van der Waals surface area (Å²) in [5, 5.41) is 2.40. The Morgan fingerprint density at radius 2 is 2.05 bits per heavy atom. The van der Waals surface area contributed by atoms with Gasteiger partial charge in [-0.15, -0.1) is 0 Å². The van der Waals surface area contributed by atoms with Gasteiger partial charge in [-0.1, -0.05) is 12.1 Å². The molecule has 4 nitrogen and oxygen atoms in total. The second-order valence-corrected chi connectivity index (χ2v) is 4.50. The third kappa shape index (κ3) is 2.79. The lowest BCUT2D eigenvalue weighted by atomic mass is 10.1. The van der Waals surface area contributed by atoms with Gasteiger partial charge in [0.2, 0.25) is 12.7 Å². The van der Waals surface area contributed by atoms with Crippen LogP contribution in [-0.2, 0) is 11.2 Å². The van der Waals surface area contributed by atoms with Crippen LogP contribution < -0.4 is 14.8 Å². The van der Waals surface area contributed by atoms with Gasteiger partial charge in [0, 0.05) is 11.6 Å². The van der Waals surface area contributed by atoms with Gasteiger partial charge in [-0.05, 0) is 18.2 Å². The van der Waals surface area contributed by atoms with Crippen LogP contribution in [0.2, 0.25) is 0 Å². The van der Waals surface area contributed by atoms with Crippen LogP contribution >= 0.6 is 0 Å². The molecule has 0 fully saturated rings. The van der Waals surface area contributed by atoms with E-state index in [-0.39, 0.29) is 18.9 Å². The fourth-order valence-corrected chi connectivity index (χ4v) is 2.09. The third-order valence-electron chi connectivity index (χ3n) is 3.03. The Balaban J connectivity index is 1.74. The number of amides is 1. The zero-order valence-corrected chi connectivity index (χ0v) is 10.9. The van der Waals surface area contributed by atoms with Crippen LogP contribution in [0.4, 0.5) is 14.5 Å². The molecular formula is C15H11F2NO3. The highest BCUT2D eigenvalue weighted by Gasteiger charge is 2.19. The van der Waals surface area contributed by atoms with Crippen molar-refractivity contribution in [2.24, 2.45) is 0 Å². The van der Waals surface area contributed by atoms with Crippen LogP contribution in [0.25, 0.3) is 0 Å². The smallest absolute Gasteiger partial charge is 0.231 e. The minimum atomic E-state index is -0.818. The molecular weight excluding hydrogens is 280 g/mol. The van der Waals surface area contributed by atoms with Crippen LogP contribution in [-0.4, -0.2) is 12.7 Å². The quantitative estimate of drug-likeness (QED) is 0.946. The second-order valence-electron chi connectivity index (χ2n) is 4.50. The Hall–Kier alpha value is -2.63. The standard InChI is InChI=1S/C15H11F2NO3/c16-10-4-5-12(11(17)7-10)18-14(19)6-9-2-1-3-13-15(9)21-8-20-13/h1-5,7H,6,8H2,(H,18,19). The molecule has 0 aliphatic carbocycles. The van der Waals surface area contributed by atoms with Crippen LogP contribution in [0, 0.1) is 11.6 Å². The first-order valence-electron chi connectivity index (χ1n) is 6.26. The van der Waals surface area contributed by atoms with E-state index >= 15 is 0 Å². The van der Waals surface area contributed by atoms with Crippen molar-refractivity contribution in [3.63, 3.8) is 0 Å². The summed E-state index contributed by atoms with van der Waals surface area (Å²) in [6.45, 7) is 0.112. The maximum absolute atomic E-state index is 13.5. The first-order valence-corrected chi connectivity index (χ1v) is 6.26. The highest BCUT2D eigenvalue weighted by Crippen LogP contribution is 2.35. The van der Waals surface area contributed by atoms with E-state index in [1.54, 1.807) is 18.2 Å². The van der Waals surface area contributed by atoms with E-state index in [9.17, 15) is 13.6 Å². The molecule has 0 saturated heterocycles. The van der Waals surface area contributed by atoms with Gasteiger partial charge in [0.15, 0.2) is 11.5 Å². The second kappa shape index (κ2) is 5.40. The lowest BCUT2D eigenvalue weighted by Gasteiger charge is -2.08. The molecule has 0 aromatic heterocycles. The van der Waals surface area contributed by atoms with Crippen molar-refractivity contribution in [1.82, 2.24) is 0 Å². The lowest BCUT2D eigenvalue weighted by Crippen LogP contribution is -2.15. The molecule has 2 aromatic rings. The van der Waals surface area contributed by atoms with Crippen molar-refractivity contribution in [3.8, 4) is 11.5 Å². The molecule has 6 heteroatoms. The summed E-state index contributed by atoms with van der Waals surface area (Å²) >= 11 is 0. The topological polar surface area (TPSA) is 47.6 Å². The molecule has 0 bridgehead atoms. The Labute approximate surface area is 119 Å². The zero-order valence-electron chi connectivity index (χ0n) is 10.9. The predicted molar refractivity (Wildman–Crippen MR) is 71.3 cm³/mol. The van der Waals surface area contributed by atoms with E-state index in [1.807, 2.05) is 0 Å². The molecule has 0 radical (unpaired) electrons. The summed E-state index contributed by atoms with van der Waals surface area (Å²) in [6, 6.07) is 8.19. The molecule has 108 valence electrons. The molecule has 1 aliphatic heterocycles. The number of fused-ring (bicyclic) bond motifs is 1. The SMILES string of the molecule is O=C(Cc1cccc2c1OCO2)Nc1ccc(F)cc1F. The molecule has 0 unspecified atom stereocenters. The van der Waals surface area contributed by atoms with Gasteiger partial charge in [-0.25, -0.2) is 8.78 Å². The van der Waals surface area contributed by atoms with E-state index in [0.29, 0.717) is 23.1 Å². The van der Waals surface area contributed by atoms with Gasteiger partial charge in [-0.2, -0.15) is 0 Å². The monoisotopic (exact) mass is 291 g/mol. The normalized spacial score (nSPS) is 12.3. The van der Waals surface area contributed by atoms with Crippen molar-refractivity contribution >= 4 is 11.6 Å². The summed E-state index contributed by atoms with van der Waals surface area (Å²) in [6.07, 6.45) is 0.00332. The number of hydrogen-bond donors (Lipinski definition) is 1. The van der Waals surface area contributed by atoms with Crippen molar-refractivity contribution in [2.45, 2.75) is 6.42 Å². The fourth-order valence-electron chi connectivity index (χ4n) is 2.09. The molecule has 0 spiro atoms. The molecule has 3 rings (SSSR count). The number of rotatable bonds is 3. The van der Waals surface area contributed by atoms with Crippen molar-refractivity contribution in [3.05, 3.63) is 53.6 Å². The third-order valence-corrected chi connectivity index (χ3v) is 3.03. The highest BCUT2D eigenvalue weighted by atomic mass is 19.1. The van der Waals surface area contributed by atoms with E-state index in [4.69, 9.17) is 9.47 Å². The van der Waals surface area contributed by atoms with Gasteiger partial charge < -0.3 is 14.8 Å². The van der Waals surface area contributed by atoms with Gasteiger partial charge in [-0.3, -0.25) is 4.79 Å². The number of halogens is 2. The molecule has 1 aliphatic rings. The molecule has 1 heterocycles. The largest absolute Gasteiger partial charge is 0.454 e. The van der Waals surface area contributed by atoms with E-state index in [1.165, 1.54) is 6.07 Å². The number of carbonyl (C=O) groups is 1. The summed E-state index contributed by atoms with van der Waals surface area (Å²) in [4.78, 5) is 12.0. The first kappa shape index (κ1) is 13.4. The van der Waals surface area contributed by atoms with E-state index < -0.39 is 17.5 Å². The first-order chi connectivity index (χ1) is 10.1. The van der Waals surface area contributed by atoms with Crippen molar-refractivity contribution in [1.29, 1.82) is 0 Å². The average molecular weight is 291 g/mol. The number of benzene rings is 2. The van der Waals surface area contributed by atoms with Crippen LogP contribution in [0.3, 0.4) is 0 Å². The number of para-hydroxylation sites is 1. The minimum Gasteiger partial charge on any atom is -0.454 e. The van der Waals surface area contributed by atoms with Gasteiger partial charge in [0.05, 0.1) is 12.1 Å². The number of carbonyl (C=O) groups excluding carboxylic acids is 1. The van der Waals surface area contributed by atoms with Gasteiger partial charge in [0.25, 0.3) is 0 Å². The Kier molecular flexibility index (Phi) is 3.43. The Morgan fingerprint density at radius 1 is 1.19 bits per heavy atom. The summed E-state index contributed by atoms with van der Waals surface area (Å²) in [7, 11) is 0. The van der Waals surface area contributed by atoms with Gasteiger partial charge in [0.1, 0.15) is 11.6 Å². The van der Waals surface area contributed by atoms with Crippen LogP contribution in [0.1, 0.15) is 5.56 Å². The van der Waals surface area contributed by atoms with Crippen LogP contribution in [0.5, 0.6) is 11.5 Å². The summed E-state index contributed by atoms with van der Waals surface area (Å²) < 4.78 is 36.8. The maximum Gasteiger partial charge on any atom is 0.231 e. The number of hydrogen-bond acceptors (Lipinski definition) is 3. The van der Waals surface area contributed by atoms with Gasteiger partial charge >= 0.3 is 0 Å². The molecule has 0 atom stereocenters. The molecule has 21 heavy (non-hydrogen) atoms. The highest BCUT2D eigenvalue weighted by molar-refractivity contribution is 5.92. The lowest BCUT2D eigenvalue weighted by molar-refractivity contribution is -0.115. The number of anilines is 1. The van der Waals surface area contributed by atoms with Crippen LogP contribution in [0.15, 0.2) is 36.4 Å². The van der Waals surface area contributed by atoms with E-state index in [0.717, 1.165) is 6.07 Å². The predicted octanol–water partition coefficient (Wildman–Crippen LogP) is 2.87. The Morgan fingerprint density at radius 3 is 2.86 bits per heavy atom. The molecule has 1 amide bonds. The Bertz CT molecular complexity index is 703. The fraction of sp³-hybridized carbons (Fsp3) is 0.133. The zero-order chi connectivity index (χ0) is 14.8. The molecule has 2 aromatic carbocycles. The molecule has 1 N–H and O–H groups in total. The number of nitrogens with one attached hydrogen (secondary N) is 1. The number of ether oxygens (including phenoxy) is 2. The summed E-state index contributed by atoms with van der Waals surface area (Å²) in [5.74, 6) is -0.844. The molecule has 0 saturated carbocycles. The average Bonchev–Trinajstić information content (AvgIpc) is 2.91. The van der Waals surface area contributed by atoms with E-state index in [2.05, 4.69) is 5.32 Å².